The van der Waals surface area contributed by atoms with Crippen molar-refractivity contribution < 1.29 is 15.3 Å². The van der Waals surface area contributed by atoms with E-state index in [1.165, 1.54) is 38.9 Å². The normalized spacial score (nSPS) is 11.2. The third-order valence-corrected chi connectivity index (χ3v) is 9.06. The molecule has 0 saturated heterocycles. The van der Waals surface area contributed by atoms with Gasteiger partial charge >= 0.3 is 0 Å². The second kappa shape index (κ2) is 14.2. The van der Waals surface area contributed by atoms with Gasteiger partial charge in [0.25, 0.3) is 0 Å². The fraction of sp³-hybridized carbons (Fsp3) is 0.200. The van der Waals surface area contributed by atoms with Crippen molar-refractivity contribution in [1.82, 2.24) is 0 Å². The van der Waals surface area contributed by atoms with Crippen LogP contribution in [0.15, 0.2) is 115 Å². The molecule has 3 N–H and O–H groups in total. The summed E-state index contributed by atoms with van der Waals surface area (Å²) in [6.07, 6.45) is 3.17. The van der Waals surface area contributed by atoms with Gasteiger partial charge in [0, 0.05) is 12.8 Å². The second-order valence-corrected chi connectivity index (χ2v) is 13.5. The molecule has 0 bridgehead atoms. The lowest BCUT2D eigenvalue weighted by atomic mass is 9.90. The zero-order valence-electron chi connectivity index (χ0n) is 28.3. The first kappa shape index (κ1) is 32.7. The summed E-state index contributed by atoms with van der Waals surface area (Å²) in [5, 5.41) is 33.0. The van der Waals surface area contributed by atoms with Gasteiger partial charge in [-0.15, -0.1) is 0 Å². The summed E-state index contributed by atoms with van der Waals surface area (Å²) in [6, 6.07) is 39.7. The van der Waals surface area contributed by atoms with Gasteiger partial charge in [-0.05, 0) is 115 Å². The third kappa shape index (κ3) is 8.16. The molecule has 0 spiro atoms. The average Bonchev–Trinajstić information content (AvgIpc) is 3.03. The molecule has 0 unspecified atom stereocenters. The number of phenols is 3. The van der Waals surface area contributed by atoms with Crippen molar-refractivity contribution in [3.63, 3.8) is 0 Å². The zero-order chi connectivity index (χ0) is 33.8. The molecule has 0 aliphatic rings. The second-order valence-electron chi connectivity index (χ2n) is 13.5. The van der Waals surface area contributed by atoms with Crippen LogP contribution in [0.4, 0.5) is 0 Å². The van der Waals surface area contributed by atoms with Gasteiger partial charge < -0.3 is 15.3 Å². The van der Waals surface area contributed by atoms with Crippen LogP contribution in [-0.4, -0.2) is 15.3 Å². The standard InChI is InChI=1S/C45H44O3/c1-29-7-5-9-33(15-29)19-35-21-36(20-34-10-6-8-30(2)16-34)23-37(22-35)24-38-25-41(27-39-17-31(3)11-13-43(39)46)45(48)42(26-38)28-40-18-32(4)12-14-44(40)47/h5-18,21-23,25-26,46-48H,19-20,24,27-28H2,1-4H3. The molecular weight excluding hydrogens is 588 g/mol. The maximum Gasteiger partial charge on any atom is 0.122 e. The molecule has 0 aromatic heterocycles. The summed E-state index contributed by atoms with van der Waals surface area (Å²) < 4.78 is 0. The first-order valence-corrected chi connectivity index (χ1v) is 16.7. The number of hydrogen-bond donors (Lipinski definition) is 3. The topological polar surface area (TPSA) is 60.7 Å². The van der Waals surface area contributed by atoms with E-state index in [0.29, 0.717) is 19.3 Å². The molecule has 0 heterocycles. The van der Waals surface area contributed by atoms with E-state index < -0.39 is 0 Å². The molecule has 0 aliphatic carbocycles. The lowest BCUT2D eigenvalue weighted by molar-refractivity contribution is 0.456. The Hall–Kier alpha value is -5.28. The van der Waals surface area contributed by atoms with E-state index in [9.17, 15) is 15.3 Å². The number of phenolic OH excluding ortho intramolecular Hbond substituents is 3. The summed E-state index contributed by atoms with van der Waals surface area (Å²) in [4.78, 5) is 0. The van der Waals surface area contributed by atoms with Crippen molar-refractivity contribution in [2.75, 3.05) is 0 Å². The van der Waals surface area contributed by atoms with Crippen LogP contribution in [0.1, 0.15) is 77.9 Å². The van der Waals surface area contributed by atoms with Crippen LogP contribution in [0.2, 0.25) is 0 Å². The van der Waals surface area contributed by atoms with Gasteiger partial charge in [0.2, 0.25) is 0 Å². The van der Waals surface area contributed by atoms with Crippen LogP contribution >= 0.6 is 0 Å². The Labute approximate surface area is 284 Å². The maximum absolute atomic E-state index is 11.6. The Morgan fingerprint density at radius 3 is 1.12 bits per heavy atom. The molecule has 0 aliphatic heterocycles. The minimum absolute atomic E-state index is 0.203. The highest BCUT2D eigenvalue weighted by Crippen LogP contribution is 2.34. The molecule has 242 valence electrons. The lowest BCUT2D eigenvalue weighted by Crippen LogP contribution is -2.01. The first-order chi connectivity index (χ1) is 23.1. The van der Waals surface area contributed by atoms with Gasteiger partial charge in [0.15, 0.2) is 0 Å². The molecule has 3 nitrogen and oxygen atoms in total. The van der Waals surface area contributed by atoms with Crippen molar-refractivity contribution in [2.45, 2.75) is 59.8 Å². The van der Waals surface area contributed by atoms with Gasteiger partial charge in [-0.25, -0.2) is 0 Å². The van der Waals surface area contributed by atoms with E-state index in [1.54, 1.807) is 12.1 Å². The van der Waals surface area contributed by atoms with E-state index in [-0.39, 0.29) is 17.2 Å². The monoisotopic (exact) mass is 632 g/mol. The van der Waals surface area contributed by atoms with Crippen LogP contribution < -0.4 is 0 Å². The first-order valence-electron chi connectivity index (χ1n) is 16.7. The largest absolute Gasteiger partial charge is 0.508 e. The minimum atomic E-state index is 0.203. The van der Waals surface area contributed by atoms with E-state index in [4.69, 9.17) is 0 Å². The molecule has 0 radical (unpaired) electrons. The molecular formula is C45H44O3. The van der Waals surface area contributed by atoms with Crippen LogP contribution in [0.3, 0.4) is 0 Å². The Morgan fingerprint density at radius 2 is 0.708 bits per heavy atom. The van der Waals surface area contributed by atoms with Crippen LogP contribution in [0.5, 0.6) is 17.2 Å². The summed E-state index contributed by atoms with van der Waals surface area (Å²) in [6.45, 7) is 8.28. The van der Waals surface area contributed by atoms with Crippen LogP contribution in [0.25, 0.3) is 0 Å². The highest BCUT2D eigenvalue weighted by molar-refractivity contribution is 5.52. The number of benzene rings is 6. The highest BCUT2D eigenvalue weighted by atomic mass is 16.3. The van der Waals surface area contributed by atoms with E-state index in [1.807, 2.05) is 38.1 Å². The Bertz CT molecular complexity index is 1950. The van der Waals surface area contributed by atoms with Gasteiger partial charge in [0.1, 0.15) is 17.2 Å². The van der Waals surface area contributed by atoms with Crippen molar-refractivity contribution in [2.24, 2.45) is 0 Å². The highest BCUT2D eigenvalue weighted by Gasteiger charge is 2.16. The number of hydrogen-bond acceptors (Lipinski definition) is 3. The van der Waals surface area contributed by atoms with E-state index in [2.05, 4.69) is 92.7 Å². The zero-order valence-corrected chi connectivity index (χ0v) is 28.3. The Morgan fingerprint density at radius 1 is 0.333 bits per heavy atom. The molecule has 0 fully saturated rings. The number of aryl methyl sites for hydroxylation is 4. The van der Waals surface area contributed by atoms with Crippen molar-refractivity contribution >= 4 is 0 Å². The van der Waals surface area contributed by atoms with Gasteiger partial charge in [-0.2, -0.15) is 0 Å². The van der Waals surface area contributed by atoms with Crippen molar-refractivity contribution in [3.05, 3.63) is 193 Å². The predicted molar refractivity (Wildman–Crippen MR) is 197 cm³/mol. The quantitative estimate of drug-likeness (QED) is 0.141. The average molecular weight is 633 g/mol. The Kier molecular flexibility index (Phi) is 9.68. The van der Waals surface area contributed by atoms with Crippen molar-refractivity contribution in [3.8, 4) is 17.2 Å². The van der Waals surface area contributed by atoms with Crippen LogP contribution in [-0.2, 0) is 32.1 Å². The maximum atomic E-state index is 11.6. The van der Waals surface area contributed by atoms with E-state index in [0.717, 1.165) is 51.8 Å². The molecule has 6 aromatic rings. The number of rotatable bonds is 10. The Balaban J connectivity index is 1.41. The van der Waals surface area contributed by atoms with Crippen molar-refractivity contribution in [1.29, 1.82) is 0 Å². The fourth-order valence-corrected chi connectivity index (χ4v) is 6.82. The smallest absolute Gasteiger partial charge is 0.122 e. The number of aromatic hydroxyl groups is 3. The molecule has 0 amide bonds. The molecule has 3 heteroatoms. The van der Waals surface area contributed by atoms with Crippen LogP contribution in [0, 0.1) is 27.7 Å². The SMILES string of the molecule is Cc1cccc(Cc2cc(Cc3cccc(C)c3)cc(Cc3cc(Cc4cc(C)ccc4O)c(O)c(Cc4cc(C)ccc4O)c3)c2)c1. The molecule has 6 rings (SSSR count). The van der Waals surface area contributed by atoms with Gasteiger partial charge in [-0.1, -0.05) is 125 Å². The molecule has 0 saturated carbocycles. The van der Waals surface area contributed by atoms with Gasteiger partial charge in [-0.3, -0.25) is 0 Å². The molecule has 6 aromatic carbocycles. The third-order valence-electron chi connectivity index (χ3n) is 9.06. The fourth-order valence-electron chi connectivity index (χ4n) is 6.82. The summed E-state index contributed by atoms with van der Waals surface area (Å²) >= 11 is 0. The summed E-state index contributed by atoms with van der Waals surface area (Å²) in [7, 11) is 0. The van der Waals surface area contributed by atoms with E-state index >= 15 is 0 Å². The lowest BCUT2D eigenvalue weighted by Gasteiger charge is -2.16. The minimum Gasteiger partial charge on any atom is -0.508 e. The predicted octanol–water partition coefficient (Wildman–Crippen LogP) is 9.99. The summed E-state index contributed by atoms with van der Waals surface area (Å²) in [5.41, 5.74) is 15.1. The molecule has 0 atom stereocenters. The summed E-state index contributed by atoms with van der Waals surface area (Å²) in [5.74, 6) is 0.634. The van der Waals surface area contributed by atoms with Gasteiger partial charge in [0.05, 0.1) is 0 Å². The molecule has 48 heavy (non-hydrogen) atoms.